The van der Waals surface area contributed by atoms with Gasteiger partial charge in [-0.15, -0.1) is 5.10 Å². The van der Waals surface area contributed by atoms with Crippen LogP contribution in [0.1, 0.15) is 58.2 Å². The molecule has 0 atom stereocenters. The smallest absolute Gasteiger partial charge is 0.185 e. The van der Waals surface area contributed by atoms with Gasteiger partial charge in [0.05, 0.1) is 40.5 Å². The van der Waals surface area contributed by atoms with Crippen molar-refractivity contribution in [3.63, 3.8) is 0 Å². The van der Waals surface area contributed by atoms with Crippen molar-refractivity contribution in [3.05, 3.63) is 81.7 Å². The van der Waals surface area contributed by atoms with Crippen LogP contribution in [0.15, 0.2) is 47.7 Å². The maximum Gasteiger partial charge on any atom is 0.185 e. The van der Waals surface area contributed by atoms with Gasteiger partial charge >= 0.3 is 0 Å². The van der Waals surface area contributed by atoms with E-state index in [9.17, 15) is 14.4 Å². The fourth-order valence-electron chi connectivity index (χ4n) is 4.27. The Balaban J connectivity index is 1.17. The number of imidazole rings is 2. The molecule has 9 nitrogen and oxygen atoms in total. The molecule has 1 aliphatic rings. The molecule has 0 saturated heterocycles. The lowest BCUT2D eigenvalue weighted by Crippen LogP contribution is -2.03. The topological polar surface area (TPSA) is 106 Å². The van der Waals surface area contributed by atoms with Crippen LogP contribution in [0.2, 0.25) is 0 Å². The van der Waals surface area contributed by atoms with Crippen LogP contribution in [0.25, 0.3) is 11.2 Å². The normalized spacial score (nSPS) is 13.5. The summed E-state index contributed by atoms with van der Waals surface area (Å²) in [6.45, 7) is 0.316. The average Bonchev–Trinajstić information content (AvgIpc) is 3.26. The van der Waals surface area contributed by atoms with Crippen LogP contribution in [-0.2, 0) is 13.0 Å². The van der Waals surface area contributed by atoms with Gasteiger partial charge in [0, 0.05) is 25.0 Å². The maximum absolute atomic E-state index is 14.5. The highest BCUT2D eigenvalue weighted by atomic mass is 79.9. The lowest BCUT2D eigenvalue weighted by molar-refractivity contribution is 0.0977. The number of hydrogen-bond donors (Lipinski definition) is 0. The van der Waals surface area contributed by atoms with Crippen LogP contribution in [-0.4, -0.2) is 39.5 Å². The third-order valence-corrected chi connectivity index (χ3v) is 6.81. The molecule has 11 heteroatoms. The molecule has 1 aliphatic carbocycles. The van der Waals surface area contributed by atoms with Gasteiger partial charge in [-0.25, -0.2) is 19.0 Å². The van der Waals surface area contributed by atoms with Gasteiger partial charge in [0.15, 0.2) is 17.2 Å². The standard InChI is InChI=1S/C24H18BrFN8O/c25-18-5-6-32-13-28-19(23(32)22(18)26)3-4-21(35)20-12-34(31-30-20)11-17-10-33-9-16(14-1-2-14)7-15(8-27)24(33)29-17/h5-7,9-10,12-14H,1-4,11H2. The van der Waals surface area contributed by atoms with E-state index < -0.39 is 5.82 Å². The third-order valence-electron chi connectivity index (χ3n) is 6.20. The first-order chi connectivity index (χ1) is 17.0. The van der Waals surface area contributed by atoms with Crippen molar-refractivity contribution in [3.8, 4) is 6.07 Å². The highest BCUT2D eigenvalue weighted by Crippen LogP contribution is 2.40. The van der Waals surface area contributed by atoms with Crippen LogP contribution in [0.4, 0.5) is 4.39 Å². The van der Waals surface area contributed by atoms with Gasteiger partial charge in [-0.1, -0.05) is 5.21 Å². The van der Waals surface area contributed by atoms with Crippen molar-refractivity contribution in [2.24, 2.45) is 0 Å². The van der Waals surface area contributed by atoms with Crippen LogP contribution in [0.5, 0.6) is 0 Å². The summed E-state index contributed by atoms with van der Waals surface area (Å²) >= 11 is 3.19. The van der Waals surface area contributed by atoms with Crippen LogP contribution >= 0.6 is 15.9 Å². The molecule has 0 radical (unpaired) electrons. The zero-order valence-electron chi connectivity index (χ0n) is 18.4. The number of rotatable bonds is 7. The number of carbonyl (C=O) groups excluding carboxylic acids is 1. The number of carbonyl (C=O) groups is 1. The first-order valence-electron chi connectivity index (χ1n) is 11.1. The minimum atomic E-state index is -0.408. The van der Waals surface area contributed by atoms with Crippen LogP contribution in [0, 0.1) is 17.1 Å². The molecule has 5 aromatic rings. The van der Waals surface area contributed by atoms with Gasteiger partial charge in [-0.05, 0) is 58.8 Å². The van der Waals surface area contributed by atoms with E-state index in [-0.39, 0.29) is 24.3 Å². The first-order valence-corrected chi connectivity index (χ1v) is 11.9. The number of nitrogens with zero attached hydrogens (tertiary/aromatic N) is 8. The summed E-state index contributed by atoms with van der Waals surface area (Å²) in [4.78, 5) is 21.6. The van der Waals surface area contributed by atoms with E-state index in [2.05, 4.69) is 42.3 Å². The Labute approximate surface area is 207 Å². The maximum atomic E-state index is 14.5. The van der Waals surface area contributed by atoms with E-state index in [1.54, 1.807) is 27.5 Å². The Kier molecular flexibility index (Phi) is 5.18. The Morgan fingerprint density at radius 2 is 2.11 bits per heavy atom. The van der Waals surface area contributed by atoms with Crippen LogP contribution < -0.4 is 0 Å². The molecular formula is C24H18BrFN8O. The molecule has 0 spiro atoms. The SMILES string of the molecule is N#Cc1cc(C2CC2)cn2cc(Cn3cc(C(=O)CCc4ncn5ccc(Br)c(F)c45)nn3)nc12. The summed E-state index contributed by atoms with van der Waals surface area (Å²) in [5, 5.41) is 17.6. The number of pyridine rings is 2. The molecule has 0 N–H and O–H groups in total. The van der Waals surface area contributed by atoms with Crippen LogP contribution in [0.3, 0.4) is 0 Å². The number of hydrogen-bond acceptors (Lipinski definition) is 6. The zero-order chi connectivity index (χ0) is 24.1. The number of aryl methyl sites for hydroxylation is 1. The first kappa shape index (κ1) is 21.6. The van der Waals surface area contributed by atoms with E-state index in [0.29, 0.717) is 45.1 Å². The van der Waals surface area contributed by atoms with Gasteiger partial charge in [0.1, 0.15) is 17.3 Å². The van der Waals surface area contributed by atoms with Crippen molar-refractivity contribution in [2.45, 2.75) is 38.1 Å². The molecule has 174 valence electrons. The monoisotopic (exact) mass is 532 g/mol. The third kappa shape index (κ3) is 4.00. The molecule has 0 amide bonds. The molecule has 1 saturated carbocycles. The van der Waals surface area contributed by atoms with E-state index in [1.165, 1.54) is 6.33 Å². The zero-order valence-corrected chi connectivity index (χ0v) is 20.0. The number of nitriles is 1. The predicted molar refractivity (Wildman–Crippen MR) is 127 cm³/mol. The molecule has 0 unspecified atom stereocenters. The minimum Gasteiger partial charge on any atom is -0.305 e. The number of fused-ring (bicyclic) bond motifs is 2. The van der Waals surface area contributed by atoms with Crippen molar-refractivity contribution < 1.29 is 9.18 Å². The Morgan fingerprint density at radius 1 is 1.26 bits per heavy atom. The van der Waals surface area contributed by atoms with Gasteiger partial charge < -0.3 is 8.80 Å². The lowest BCUT2D eigenvalue weighted by Gasteiger charge is -2.01. The number of Topliss-reactive ketones (excluding diaryl/α,β-unsaturated/α-hetero) is 1. The average molecular weight is 533 g/mol. The van der Waals surface area contributed by atoms with Gasteiger partial charge in [0.2, 0.25) is 0 Å². The lowest BCUT2D eigenvalue weighted by atomic mass is 10.1. The molecule has 0 aliphatic heterocycles. The Bertz CT molecular complexity index is 1660. The number of ketones is 1. The summed E-state index contributed by atoms with van der Waals surface area (Å²) in [5.74, 6) is -0.0854. The second-order valence-electron chi connectivity index (χ2n) is 8.69. The summed E-state index contributed by atoms with van der Waals surface area (Å²) in [5.41, 5.74) is 4.11. The number of aromatic nitrogens is 7. The van der Waals surface area contributed by atoms with Crippen molar-refractivity contribution in [2.75, 3.05) is 0 Å². The fraction of sp³-hybridized carbons (Fsp3) is 0.250. The molecule has 0 bridgehead atoms. The van der Waals surface area contributed by atoms with Crippen molar-refractivity contribution in [1.82, 2.24) is 33.8 Å². The minimum absolute atomic E-state index is 0.126. The fourth-order valence-corrected chi connectivity index (χ4v) is 4.57. The highest BCUT2D eigenvalue weighted by molar-refractivity contribution is 9.10. The molecule has 5 heterocycles. The molecule has 0 aromatic carbocycles. The Morgan fingerprint density at radius 3 is 2.91 bits per heavy atom. The van der Waals surface area contributed by atoms with E-state index in [0.717, 1.165) is 18.4 Å². The van der Waals surface area contributed by atoms with Crippen molar-refractivity contribution in [1.29, 1.82) is 5.26 Å². The van der Waals surface area contributed by atoms with E-state index >= 15 is 0 Å². The molecular weight excluding hydrogens is 515 g/mol. The summed E-state index contributed by atoms with van der Waals surface area (Å²) in [6, 6.07) is 5.76. The Hall–Kier alpha value is -3.91. The molecule has 35 heavy (non-hydrogen) atoms. The van der Waals surface area contributed by atoms with E-state index in [1.807, 2.05) is 22.9 Å². The molecule has 6 rings (SSSR count). The van der Waals surface area contributed by atoms with Gasteiger partial charge in [0.25, 0.3) is 0 Å². The number of halogens is 2. The quantitative estimate of drug-likeness (QED) is 0.292. The van der Waals surface area contributed by atoms with Crippen molar-refractivity contribution >= 4 is 32.9 Å². The summed E-state index contributed by atoms with van der Waals surface area (Å²) < 4.78 is 19.9. The summed E-state index contributed by atoms with van der Waals surface area (Å²) in [6.07, 6.45) is 11.4. The second kappa shape index (κ2) is 8.39. The second-order valence-corrected chi connectivity index (χ2v) is 9.54. The molecule has 1 fully saturated rings. The van der Waals surface area contributed by atoms with E-state index in [4.69, 9.17) is 0 Å². The molecule has 5 aromatic heterocycles. The van der Waals surface area contributed by atoms with Gasteiger partial charge in [-0.2, -0.15) is 5.26 Å². The largest absolute Gasteiger partial charge is 0.305 e. The highest BCUT2D eigenvalue weighted by Gasteiger charge is 2.25. The van der Waals surface area contributed by atoms with Gasteiger partial charge in [-0.3, -0.25) is 4.79 Å². The predicted octanol–water partition coefficient (Wildman–Crippen LogP) is 4.09. The summed E-state index contributed by atoms with van der Waals surface area (Å²) in [7, 11) is 0.